The lowest BCUT2D eigenvalue weighted by Crippen LogP contribution is -2.38. The molecule has 0 spiro atoms. The molecule has 10 aromatic heterocycles. The smallest absolute Gasteiger partial charge is 0.213 e. The molecule has 27 nitrogen and oxygen atoms in total. The number of ether oxygens (including phenoxy) is 12. The third-order valence-electron chi connectivity index (χ3n) is 17.2. The van der Waals surface area contributed by atoms with Crippen molar-refractivity contribution in [1.29, 1.82) is 0 Å². The fourth-order valence-corrected chi connectivity index (χ4v) is 11.1. The molecular formula is C86H94N10O17. The Morgan fingerprint density at radius 3 is 0.832 bits per heavy atom. The highest BCUT2D eigenvalue weighted by Gasteiger charge is 2.27. The van der Waals surface area contributed by atoms with Gasteiger partial charge >= 0.3 is 0 Å². The molecular weight excluding hydrogens is 1440 g/mol. The van der Waals surface area contributed by atoms with Gasteiger partial charge in [-0.2, -0.15) is 0 Å². The molecule has 0 radical (unpaired) electrons. The van der Waals surface area contributed by atoms with Crippen molar-refractivity contribution in [1.82, 2.24) is 49.8 Å². The Morgan fingerprint density at radius 2 is 0.584 bits per heavy atom. The summed E-state index contributed by atoms with van der Waals surface area (Å²) in [6.45, 7) is 21.0. The van der Waals surface area contributed by atoms with Crippen LogP contribution in [0.1, 0.15) is 134 Å². The monoisotopic (exact) mass is 1540 g/mol. The first-order chi connectivity index (χ1) is 54.1. The molecule has 5 fully saturated rings. The maximum absolute atomic E-state index is 12.5. The molecule has 5 aliphatic rings. The van der Waals surface area contributed by atoms with Crippen LogP contribution in [0.3, 0.4) is 0 Å². The molecule has 15 rings (SSSR count). The molecule has 0 atom stereocenters. The number of hydrogen-bond donors (Lipinski definition) is 0. The Morgan fingerprint density at radius 1 is 0.301 bits per heavy atom. The van der Waals surface area contributed by atoms with Crippen LogP contribution >= 0.6 is 0 Å². The Kier molecular flexibility index (Phi) is 30.4. The molecule has 27 heteroatoms. The van der Waals surface area contributed by atoms with Crippen LogP contribution in [0.15, 0.2) is 152 Å². The van der Waals surface area contributed by atoms with Crippen molar-refractivity contribution in [2.45, 2.75) is 125 Å². The molecule has 0 aromatic carbocycles. The van der Waals surface area contributed by atoms with Crippen molar-refractivity contribution < 1.29 is 80.8 Å². The number of ketones is 5. The molecule has 590 valence electrons. The third-order valence-corrected chi connectivity index (χ3v) is 17.2. The summed E-state index contributed by atoms with van der Waals surface area (Å²) < 4.78 is 64.3. The number of rotatable bonds is 27. The van der Waals surface area contributed by atoms with Crippen molar-refractivity contribution in [2.75, 3.05) is 80.3 Å². The van der Waals surface area contributed by atoms with Crippen LogP contribution in [-0.2, 0) is 55.8 Å². The minimum atomic E-state index is -0.107. The number of hydrogen-bond acceptors (Lipinski definition) is 27. The van der Waals surface area contributed by atoms with Crippen molar-refractivity contribution in [3.63, 3.8) is 0 Å². The van der Waals surface area contributed by atoms with Gasteiger partial charge in [-0.3, -0.25) is 43.9 Å². The quantitative estimate of drug-likeness (QED) is 0.0432. The number of Topliss-reactive ketones (excluding diaryl/α,β-unsaturated/α-hetero) is 5. The van der Waals surface area contributed by atoms with Crippen molar-refractivity contribution in [2.24, 2.45) is 0 Å². The molecule has 15 heterocycles. The van der Waals surface area contributed by atoms with Gasteiger partial charge in [-0.05, 0) is 109 Å². The van der Waals surface area contributed by atoms with E-state index in [2.05, 4.69) is 49.8 Å². The number of carbonyl (C=O) groups is 5. The minimum absolute atomic E-state index is 0. The van der Waals surface area contributed by atoms with Crippen LogP contribution in [0.25, 0.3) is 0 Å². The van der Waals surface area contributed by atoms with Crippen LogP contribution in [0.5, 0.6) is 40.4 Å². The van der Waals surface area contributed by atoms with E-state index >= 15 is 0 Å². The maximum atomic E-state index is 12.5. The van der Waals surface area contributed by atoms with E-state index in [1.807, 2.05) is 134 Å². The predicted octanol–water partition coefficient (Wildman–Crippen LogP) is 11.5. The zero-order valence-electron chi connectivity index (χ0n) is 64.3. The second kappa shape index (κ2) is 41.0. The number of methoxy groups -OCH3 is 2. The standard InChI is InChI=1S/2C17H18N2O4.3C17H18N2O3.CH4/c1-11-5-14(23-15-9-22-10-15)7-16(19-11)17(20)6-12-3-4-13(21-2)8-18-12;1-11-6-13(23-14-9-22-10-14)8-15(18-11)16(20)7-12-4-3-5-17(19-12)21-2;2*1-11-3-4-13(18-8-11)6-17(20)16-7-14(5-12(2)19-16)22-15-9-21-10-15;1-11-4-3-5-13(18-11)7-17(20)16-8-14(6-12(2)19-16)22-15-9-21-10-15;/h3-5,7-8,15H,6,9-10H2,1-2H3;3-6,8,14H,7,9-10H2,1-2H3;2*3-5,7-8,15H,6,9-10H2,1-2H3;3-6,8,15H,7,9-10H2,1-2H3;1H4. The average molecular weight is 1540 g/mol. The van der Waals surface area contributed by atoms with E-state index in [9.17, 15) is 24.0 Å². The molecule has 0 unspecified atom stereocenters. The zero-order chi connectivity index (χ0) is 79.0. The van der Waals surface area contributed by atoms with E-state index in [1.165, 1.54) is 0 Å². The van der Waals surface area contributed by atoms with Crippen molar-refractivity contribution >= 4 is 28.9 Å². The summed E-state index contributed by atoms with van der Waals surface area (Å²) in [4.78, 5) is 105. The summed E-state index contributed by atoms with van der Waals surface area (Å²) in [7, 11) is 3.12. The largest absolute Gasteiger partial charge is 0.495 e. The number of carbonyl (C=O) groups excluding carboxylic acids is 5. The first-order valence-electron chi connectivity index (χ1n) is 36.6. The molecule has 5 aliphatic heterocycles. The van der Waals surface area contributed by atoms with Gasteiger partial charge in [-0.1, -0.05) is 31.7 Å². The highest BCUT2D eigenvalue weighted by atomic mass is 16.6. The van der Waals surface area contributed by atoms with Gasteiger partial charge < -0.3 is 56.8 Å². The zero-order valence-corrected chi connectivity index (χ0v) is 64.3. The summed E-state index contributed by atoms with van der Waals surface area (Å²) >= 11 is 0. The lowest BCUT2D eigenvalue weighted by Gasteiger charge is -2.26. The predicted molar refractivity (Wildman–Crippen MR) is 416 cm³/mol. The van der Waals surface area contributed by atoms with E-state index in [4.69, 9.17) is 56.8 Å². The molecule has 10 aromatic rings. The summed E-state index contributed by atoms with van der Waals surface area (Å²) in [6.07, 6.45) is 6.52. The first kappa shape index (κ1) is 83.7. The Hall–Kier alpha value is -11.8. The second-order valence-electron chi connectivity index (χ2n) is 27.3. The molecule has 0 N–H and O–H groups in total. The number of aromatic nitrogens is 10. The van der Waals surface area contributed by atoms with E-state index in [-0.39, 0.29) is 99.0 Å². The number of nitrogens with zero attached hydrogens (tertiary/aromatic N) is 10. The topological polar surface area (TPSA) is 325 Å². The fraction of sp³-hybridized carbons (Fsp3) is 0.360. The van der Waals surface area contributed by atoms with Gasteiger partial charge in [-0.25, -0.2) is 29.9 Å². The molecule has 0 bridgehead atoms. The van der Waals surface area contributed by atoms with Crippen LogP contribution in [0.2, 0.25) is 0 Å². The molecule has 113 heavy (non-hydrogen) atoms. The summed E-state index contributed by atoms with van der Waals surface area (Å²) in [5.41, 5.74) is 12.4. The maximum Gasteiger partial charge on any atom is 0.213 e. The van der Waals surface area contributed by atoms with Crippen LogP contribution in [0, 0.1) is 55.4 Å². The van der Waals surface area contributed by atoms with E-state index in [0.29, 0.717) is 146 Å². The average Bonchev–Trinajstić information content (AvgIpc) is 0.852. The minimum Gasteiger partial charge on any atom is -0.495 e. The number of pyridine rings is 10. The van der Waals surface area contributed by atoms with Crippen LogP contribution in [-0.4, -0.2) is 190 Å². The highest BCUT2D eigenvalue weighted by Crippen LogP contribution is 2.26. The second-order valence-corrected chi connectivity index (χ2v) is 27.3. The highest BCUT2D eigenvalue weighted by molar-refractivity contribution is 5.98. The van der Waals surface area contributed by atoms with Crippen LogP contribution < -0.4 is 33.2 Å². The van der Waals surface area contributed by atoms with Gasteiger partial charge in [0.25, 0.3) is 0 Å². The van der Waals surface area contributed by atoms with Gasteiger partial charge in [0.05, 0.1) is 124 Å². The van der Waals surface area contributed by atoms with Gasteiger partial charge in [0.15, 0.2) is 28.9 Å². The third kappa shape index (κ3) is 26.2. The van der Waals surface area contributed by atoms with Crippen molar-refractivity contribution in [3.8, 4) is 40.4 Å². The number of aryl methyl sites for hydroxylation is 8. The lowest BCUT2D eigenvalue weighted by molar-refractivity contribution is -0.0797. The molecule has 0 aliphatic carbocycles. The van der Waals surface area contributed by atoms with Gasteiger partial charge in [0, 0.05) is 136 Å². The Labute approximate surface area is 656 Å². The van der Waals surface area contributed by atoms with Crippen molar-refractivity contribution in [3.05, 3.63) is 254 Å². The Balaban J connectivity index is 0.000000149. The van der Waals surface area contributed by atoms with Crippen LogP contribution in [0.4, 0.5) is 0 Å². The van der Waals surface area contributed by atoms with Gasteiger partial charge in [-0.15, -0.1) is 0 Å². The summed E-state index contributed by atoms with van der Waals surface area (Å²) in [5, 5.41) is 0. The van der Waals surface area contributed by atoms with Gasteiger partial charge in [0.2, 0.25) is 5.88 Å². The van der Waals surface area contributed by atoms with E-state index in [1.54, 1.807) is 87.4 Å². The SMILES string of the molecule is C.COc1ccc(CC(=O)c2cc(OC3COC3)cc(C)n2)nc1.COc1cccc(CC(=O)c2cc(OC3COC3)cc(C)n2)n1.Cc1ccc(CC(=O)c2cc(OC3COC3)cc(C)n2)nc1.Cc1ccc(CC(=O)c2cc(OC3COC3)cc(C)n2)nc1.Cc1cccc(CC(=O)c2cc(OC3COC3)cc(C)n2)n1. The summed E-state index contributed by atoms with van der Waals surface area (Å²) in [5.74, 6) is 4.06. The lowest BCUT2D eigenvalue weighted by atomic mass is 10.1. The molecule has 5 saturated heterocycles. The first-order valence-corrected chi connectivity index (χ1v) is 36.6. The van der Waals surface area contributed by atoms with E-state index < -0.39 is 0 Å². The normalized spacial score (nSPS) is 14.2. The van der Waals surface area contributed by atoms with Gasteiger partial charge in [0.1, 0.15) is 93.5 Å². The molecule has 0 amide bonds. The summed E-state index contributed by atoms with van der Waals surface area (Å²) in [6, 6.07) is 39.8. The molecule has 0 saturated carbocycles. The van der Waals surface area contributed by atoms with E-state index in [0.717, 1.165) is 62.4 Å². The Bertz CT molecular complexity index is 4760. The fourth-order valence-electron chi connectivity index (χ4n) is 11.1.